The molecular weight excluding hydrogens is 396 g/mol. The van der Waals surface area contributed by atoms with Crippen LogP contribution in [-0.4, -0.2) is 29.9 Å². The smallest absolute Gasteiger partial charge is 0.324 e. The molecule has 4 rings (SSSR count). The summed E-state index contributed by atoms with van der Waals surface area (Å²) in [6, 6.07) is 17.3. The average Bonchev–Trinajstić information content (AvgIpc) is 3.11. The molecule has 0 spiro atoms. The van der Waals surface area contributed by atoms with Crippen molar-refractivity contribution < 1.29 is 9.59 Å². The standard InChI is InChI=1S/C23H24N4O2S/c1-2-27-13-12-18-19(14-27)30-22(20(18)21(24)28)26-23(29)25-17-10-8-16(9-11-17)15-6-4-3-5-7-15/h3-11H,2,12-14H2,1H3,(H2,24,28)(H2,25,26,29). The van der Waals surface area contributed by atoms with Crippen molar-refractivity contribution in [3.63, 3.8) is 0 Å². The molecule has 2 aromatic carbocycles. The second kappa shape index (κ2) is 8.69. The van der Waals surface area contributed by atoms with Gasteiger partial charge in [-0.15, -0.1) is 11.3 Å². The van der Waals surface area contributed by atoms with Crippen molar-refractivity contribution in [2.75, 3.05) is 23.7 Å². The van der Waals surface area contributed by atoms with Crippen LogP contribution in [0.1, 0.15) is 27.7 Å². The van der Waals surface area contributed by atoms with E-state index in [1.807, 2.05) is 54.6 Å². The minimum atomic E-state index is -0.500. The quantitative estimate of drug-likeness (QED) is 0.566. The molecule has 4 N–H and O–H groups in total. The molecule has 0 saturated carbocycles. The number of benzene rings is 2. The molecule has 1 aliphatic rings. The number of primary amides is 1. The summed E-state index contributed by atoms with van der Waals surface area (Å²) in [5, 5.41) is 6.17. The number of likely N-dealkylation sites (N-methyl/N-ethyl adjacent to an activating group) is 1. The van der Waals surface area contributed by atoms with E-state index in [2.05, 4.69) is 22.5 Å². The van der Waals surface area contributed by atoms with E-state index < -0.39 is 11.9 Å². The van der Waals surface area contributed by atoms with Gasteiger partial charge in [0.15, 0.2) is 0 Å². The first-order valence-electron chi connectivity index (χ1n) is 9.95. The topological polar surface area (TPSA) is 87.5 Å². The maximum absolute atomic E-state index is 12.6. The summed E-state index contributed by atoms with van der Waals surface area (Å²) in [6.07, 6.45) is 0.766. The number of hydrogen-bond donors (Lipinski definition) is 3. The molecule has 0 radical (unpaired) electrons. The Morgan fingerprint density at radius 2 is 1.73 bits per heavy atom. The number of carbonyl (C=O) groups is 2. The Bertz CT molecular complexity index is 1060. The van der Waals surface area contributed by atoms with Crippen LogP contribution in [0.4, 0.5) is 15.5 Å². The van der Waals surface area contributed by atoms with E-state index in [0.717, 1.165) is 47.6 Å². The molecule has 7 heteroatoms. The number of fused-ring (bicyclic) bond motifs is 1. The summed E-state index contributed by atoms with van der Waals surface area (Å²) in [5.41, 5.74) is 9.91. The Balaban J connectivity index is 1.48. The van der Waals surface area contributed by atoms with Crippen LogP contribution in [0.2, 0.25) is 0 Å². The molecule has 1 aromatic heterocycles. The number of carbonyl (C=O) groups excluding carboxylic acids is 2. The molecule has 0 fully saturated rings. The fraction of sp³-hybridized carbons (Fsp3) is 0.217. The van der Waals surface area contributed by atoms with Crippen molar-refractivity contribution in [2.45, 2.75) is 19.9 Å². The minimum absolute atomic E-state index is 0.393. The van der Waals surface area contributed by atoms with Crippen LogP contribution in [-0.2, 0) is 13.0 Å². The predicted octanol–water partition coefficient (Wildman–Crippen LogP) is 4.54. The van der Waals surface area contributed by atoms with Gasteiger partial charge in [-0.1, -0.05) is 49.4 Å². The minimum Gasteiger partial charge on any atom is -0.365 e. The SMILES string of the molecule is CCN1CCc2c(sc(NC(=O)Nc3ccc(-c4ccccc4)cc3)c2C(N)=O)C1. The molecule has 1 aliphatic heterocycles. The summed E-state index contributed by atoms with van der Waals surface area (Å²) >= 11 is 1.43. The summed E-state index contributed by atoms with van der Waals surface area (Å²) in [6.45, 7) is 4.73. The third-order valence-corrected chi connectivity index (χ3v) is 6.44. The Morgan fingerprint density at radius 1 is 1.03 bits per heavy atom. The number of rotatable bonds is 5. The van der Waals surface area contributed by atoms with Crippen molar-refractivity contribution in [1.29, 1.82) is 0 Å². The Kier molecular flexibility index (Phi) is 5.83. The number of nitrogens with zero attached hydrogens (tertiary/aromatic N) is 1. The van der Waals surface area contributed by atoms with Crippen molar-refractivity contribution in [2.24, 2.45) is 5.73 Å². The second-order valence-electron chi connectivity index (χ2n) is 7.21. The maximum atomic E-state index is 12.6. The van der Waals surface area contributed by atoms with Crippen LogP contribution in [0.15, 0.2) is 54.6 Å². The molecule has 0 bridgehead atoms. The van der Waals surface area contributed by atoms with E-state index in [4.69, 9.17) is 5.73 Å². The van der Waals surface area contributed by atoms with E-state index in [1.165, 1.54) is 11.3 Å². The first-order chi connectivity index (χ1) is 14.5. The molecule has 30 heavy (non-hydrogen) atoms. The van der Waals surface area contributed by atoms with Crippen molar-refractivity contribution >= 4 is 34.0 Å². The molecule has 0 atom stereocenters. The van der Waals surface area contributed by atoms with Crippen LogP contribution < -0.4 is 16.4 Å². The Morgan fingerprint density at radius 3 is 2.40 bits per heavy atom. The lowest BCUT2D eigenvalue weighted by atomic mass is 10.0. The van der Waals surface area contributed by atoms with Gasteiger partial charge in [0, 0.05) is 23.7 Å². The summed E-state index contributed by atoms with van der Waals surface area (Å²) < 4.78 is 0. The van der Waals surface area contributed by atoms with Gasteiger partial charge in [-0.3, -0.25) is 15.0 Å². The predicted molar refractivity (Wildman–Crippen MR) is 122 cm³/mol. The summed E-state index contributed by atoms with van der Waals surface area (Å²) in [7, 11) is 0. The van der Waals surface area contributed by atoms with Gasteiger partial charge < -0.3 is 11.1 Å². The molecule has 0 saturated heterocycles. The van der Waals surface area contributed by atoms with Crippen LogP contribution in [0, 0.1) is 0 Å². The van der Waals surface area contributed by atoms with E-state index in [-0.39, 0.29) is 0 Å². The number of urea groups is 1. The number of anilines is 2. The van der Waals surface area contributed by atoms with E-state index >= 15 is 0 Å². The molecule has 2 heterocycles. The maximum Gasteiger partial charge on any atom is 0.324 e. The molecular formula is C23H24N4O2S. The molecule has 0 unspecified atom stereocenters. The highest BCUT2D eigenvalue weighted by molar-refractivity contribution is 7.17. The van der Waals surface area contributed by atoms with Gasteiger partial charge in [-0.2, -0.15) is 0 Å². The lowest BCUT2D eigenvalue weighted by Crippen LogP contribution is -2.30. The highest BCUT2D eigenvalue weighted by Crippen LogP contribution is 2.37. The van der Waals surface area contributed by atoms with E-state index in [0.29, 0.717) is 16.3 Å². The van der Waals surface area contributed by atoms with Gasteiger partial charge >= 0.3 is 6.03 Å². The fourth-order valence-electron chi connectivity index (χ4n) is 3.72. The third-order valence-electron chi connectivity index (χ3n) is 5.31. The molecule has 154 valence electrons. The zero-order chi connectivity index (χ0) is 21.1. The second-order valence-corrected chi connectivity index (χ2v) is 8.32. The van der Waals surface area contributed by atoms with Gasteiger partial charge in [0.2, 0.25) is 0 Å². The van der Waals surface area contributed by atoms with Crippen molar-refractivity contribution in [3.05, 3.63) is 70.6 Å². The number of nitrogens with one attached hydrogen (secondary N) is 2. The lowest BCUT2D eigenvalue weighted by molar-refractivity contribution is 0.1000. The van der Waals surface area contributed by atoms with Gasteiger partial charge in [-0.25, -0.2) is 4.79 Å². The number of hydrogen-bond acceptors (Lipinski definition) is 4. The van der Waals surface area contributed by atoms with Gasteiger partial charge in [-0.05, 0) is 41.8 Å². The Labute approximate surface area is 179 Å². The molecule has 3 aromatic rings. The van der Waals surface area contributed by atoms with Crippen molar-refractivity contribution in [1.82, 2.24) is 4.90 Å². The van der Waals surface area contributed by atoms with Crippen LogP contribution >= 0.6 is 11.3 Å². The first kappa shape index (κ1) is 20.1. The molecule has 0 aliphatic carbocycles. The van der Waals surface area contributed by atoms with Crippen molar-refractivity contribution in [3.8, 4) is 11.1 Å². The summed E-state index contributed by atoms with van der Waals surface area (Å²) in [4.78, 5) is 28.0. The Hall–Kier alpha value is -3.16. The van der Waals surface area contributed by atoms with Gasteiger partial charge in [0.05, 0.1) is 5.56 Å². The zero-order valence-electron chi connectivity index (χ0n) is 16.8. The van der Waals surface area contributed by atoms with Crippen LogP contribution in [0.5, 0.6) is 0 Å². The number of nitrogens with two attached hydrogens (primary N) is 1. The van der Waals surface area contributed by atoms with Gasteiger partial charge in [0.25, 0.3) is 5.91 Å². The average molecular weight is 421 g/mol. The first-order valence-corrected chi connectivity index (χ1v) is 10.8. The number of amides is 3. The third kappa shape index (κ3) is 4.22. The van der Waals surface area contributed by atoms with Crippen LogP contribution in [0.25, 0.3) is 11.1 Å². The number of thiophene rings is 1. The highest BCUT2D eigenvalue weighted by atomic mass is 32.1. The fourth-order valence-corrected chi connectivity index (χ4v) is 5.01. The normalized spacial score (nSPS) is 13.5. The molecule has 6 nitrogen and oxygen atoms in total. The molecule has 3 amide bonds. The lowest BCUT2D eigenvalue weighted by Gasteiger charge is -2.25. The van der Waals surface area contributed by atoms with Gasteiger partial charge in [0.1, 0.15) is 5.00 Å². The zero-order valence-corrected chi connectivity index (χ0v) is 17.6. The largest absolute Gasteiger partial charge is 0.365 e. The van der Waals surface area contributed by atoms with E-state index in [9.17, 15) is 9.59 Å². The monoisotopic (exact) mass is 420 g/mol. The van der Waals surface area contributed by atoms with Crippen LogP contribution in [0.3, 0.4) is 0 Å². The summed E-state index contributed by atoms with van der Waals surface area (Å²) in [5.74, 6) is -0.500. The van der Waals surface area contributed by atoms with E-state index in [1.54, 1.807) is 0 Å². The highest BCUT2D eigenvalue weighted by Gasteiger charge is 2.27.